The molecule has 1 aliphatic rings. The van der Waals surface area contributed by atoms with Crippen molar-refractivity contribution in [3.05, 3.63) is 28.7 Å². The zero-order valence-corrected chi connectivity index (χ0v) is 12.5. The van der Waals surface area contributed by atoms with Crippen molar-refractivity contribution >= 4 is 21.8 Å². The lowest BCUT2D eigenvalue weighted by atomic mass is 10.2. The van der Waals surface area contributed by atoms with Gasteiger partial charge in [0.2, 0.25) is 0 Å². The van der Waals surface area contributed by atoms with Crippen molar-refractivity contribution in [3.63, 3.8) is 0 Å². The number of hydrogen-bond donors (Lipinski definition) is 1. The van der Waals surface area contributed by atoms with Gasteiger partial charge in [0.15, 0.2) is 6.10 Å². The van der Waals surface area contributed by atoms with Crippen LogP contribution in [0.4, 0.5) is 0 Å². The summed E-state index contributed by atoms with van der Waals surface area (Å²) in [5.41, 5.74) is 0. The van der Waals surface area contributed by atoms with Gasteiger partial charge in [-0.3, -0.25) is 4.79 Å². The number of rotatable bonds is 4. The van der Waals surface area contributed by atoms with Crippen LogP contribution in [0.5, 0.6) is 5.75 Å². The third-order valence-corrected chi connectivity index (χ3v) is 3.87. The van der Waals surface area contributed by atoms with Crippen LogP contribution in [0.15, 0.2) is 28.7 Å². The minimum atomic E-state index is -0.534. The maximum Gasteiger partial charge on any atom is 0.263 e. The predicted molar refractivity (Wildman–Crippen MR) is 76.1 cm³/mol. The van der Waals surface area contributed by atoms with Gasteiger partial charge in [0.25, 0.3) is 5.91 Å². The Balaban J connectivity index is 1.97. The van der Waals surface area contributed by atoms with Crippen molar-refractivity contribution in [3.8, 4) is 5.75 Å². The van der Waals surface area contributed by atoms with Crippen LogP contribution in [-0.2, 0) is 4.79 Å². The molecule has 1 heterocycles. The summed E-state index contributed by atoms with van der Waals surface area (Å²) in [7, 11) is 0. The fourth-order valence-corrected chi connectivity index (χ4v) is 2.58. The van der Waals surface area contributed by atoms with Gasteiger partial charge in [-0.2, -0.15) is 0 Å². The van der Waals surface area contributed by atoms with Crippen LogP contribution in [0.1, 0.15) is 19.8 Å². The first-order valence-corrected chi connectivity index (χ1v) is 7.24. The molecule has 5 heteroatoms. The molecule has 1 unspecified atom stereocenters. The Morgan fingerprint density at radius 2 is 2.21 bits per heavy atom. The lowest BCUT2D eigenvalue weighted by Crippen LogP contribution is -2.44. The summed E-state index contributed by atoms with van der Waals surface area (Å²) in [6, 6.07) is 7.34. The second-order valence-electron chi connectivity index (χ2n) is 4.72. The van der Waals surface area contributed by atoms with Crippen LogP contribution in [0.3, 0.4) is 0 Å². The highest BCUT2D eigenvalue weighted by atomic mass is 79.9. The number of aliphatic hydroxyl groups is 1. The molecule has 1 amide bonds. The number of carbonyl (C=O) groups is 1. The van der Waals surface area contributed by atoms with Crippen molar-refractivity contribution in [2.45, 2.75) is 31.9 Å². The smallest absolute Gasteiger partial charge is 0.263 e. The molecule has 0 bridgehead atoms. The van der Waals surface area contributed by atoms with E-state index in [1.807, 2.05) is 24.3 Å². The van der Waals surface area contributed by atoms with Gasteiger partial charge in [-0.25, -0.2) is 0 Å². The number of hydrogen-bond acceptors (Lipinski definition) is 3. The van der Waals surface area contributed by atoms with E-state index in [2.05, 4.69) is 15.9 Å². The number of benzene rings is 1. The molecule has 1 aliphatic heterocycles. The second kappa shape index (κ2) is 6.39. The maximum atomic E-state index is 12.3. The van der Waals surface area contributed by atoms with E-state index < -0.39 is 6.10 Å². The minimum Gasteiger partial charge on any atom is -0.481 e. The minimum absolute atomic E-state index is 0.0245. The molecule has 1 aromatic rings. The summed E-state index contributed by atoms with van der Waals surface area (Å²) < 4.78 is 6.61. The summed E-state index contributed by atoms with van der Waals surface area (Å²) in [6.45, 7) is 2.48. The Hall–Kier alpha value is -1.07. The third-order valence-electron chi connectivity index (χ3n) is 3.35. The van der Waals surface area contributed by atoms with Crippen molar-refractivity contribution in [1.29, 1.82) is 0 Å². The molecule has 1 N–H and O–H groups in total. The van der Waals surface area contributed by atoms with Gasteiger partial charge >= 0.3 is 0 Å². The molecule has 0 radical (unpaired) electrons. The van der Waals surface area contributed by atoms with E-state index in [0.717, 1.165) is 17.3 Å². The van der Waals surface area contributed by atoms with E-state index in [1.54, 1.807) is 11.8 Å². The zero-order valence-electron chi connectivity index (χ0n) is 10.9. The average molecular weight is 328 g/mol. The van der Waals surface area contributed by atoms with Gasteiger partial charge in [-0.15, -0.1) is 0 Å². The fraction of sp³-hybridized carbons (Fsp3) is 0.500. The van der Waals surface area contributed by atoms with E-state index in [-0.39, 0.29) is 18.6 Å². The fourth-order valence-electron chi connectivity index (χ4n) is 2.32. The van der Waals surface area contributed by atoms with Crippen LogP contribution >= 0.6 is 15.9 Å². The van der Waals surface area contributed by atoms with E-state index in [4.69, 9.17) is 4.74 Å². The summed E-state index contributed by atoms with van der Waals surface area (Å²) in [6.07, 6.45) is 1.28. The Kier molecular flexibility index (Phi) is 4.82. The first kappa shape index (κ1) is 14.3. The first-order valence-electron chi connectivity index (χ1n) is 6.45. The number of aliphatic hydroxyl groups excluding tert-OH is 1. The van der Waals surface area contributed by atoms with Crippen molar-refractivity contribution in [2.75, 3.05) is 13.2 Å². The largest absolute Gasteiger partial charge is 0.481 e. The van der Waals surface area contributed by atoms with Gasteiger partial charge in [-0.05, 0) is 44.0 Å². The third kappa shape index (κ3) is 3.48. The Morgan fingerprint density at radius 3 is 2.84 bits per heavy atom. The summed E-state index contributed by atoms with van der Waals surface area (Å²) in [4.78, 5) is 14.0. The van der Waals surface area contributed by atoms with Gasteiger partial charge in [-0.1, -0.05) is 15.9 Å². The SMILES string of the molecule is CC(Oc1ccc(Br)cc1)C(=O)N1CCC[C@@H]1CO. The van der Waals surface area contributed by atoms with Crippen molar-refractivity contribution in [2.24, 2.45) is 0 Å². The molecule has 1 saturated heterocycles. The topological polar surface area (TPSA) is 49.8 Å². The van der Waals surface area contributed by atoms with Crippen LogP contribution < -0.4 is 4.74 Å². The predicted octanol–water partition coefficient (Wildman–Crippen LogP) is 2.20. The molecule has 0 aliphatic carbocycles. The van der Waals surface area contributed by atoms with Gasteiger partial charge in [0, 0.05) is 11.0 Å². The molecule has 104 valence electrons. The second-order valence-corrected chi connectivity index (χ2v) is 5.64. The van der Waals surface area contributed by atoms with E-state index in [9.17, 15) is 9.90 Å². The Labute approximate surface area is 121 Å². The number of likely N-dealkylation sites (tertiary alicyclic amines) is 1. The molecule has 1 fully saturated rings. The molecule has 2 atom stereocenters. The molecule has 0 spiro atoms. The Bertz CT molecular complexity index is 435. The number of nitrogens with zero attached hydrogens (tertiary/aromatic N) is 1. The molecular formula is C14H18BrNO3. The highest BCUT2D eigenvalue weighted by molar-refractivity contribution is 9.10. The molecule has 1 aromatic carbocycles. The number of ether oxygens (including phenoxy) is 1. The van der Waals surface area contributed by atoms with Gasteiger partial charge in [0.05, 0.1) is 12.6 Å². The molecule has 0 saturated carbocycles. The average Bonchev–Trinajstić information content (AvgIpc) is 2.88. The van der Waals surface area contributed by atoms with E-state index in [1.165, 1.54) is 0 Å². The number of halogens is 1. The van der Waals surface area contributed by atoms with Crippen molar-refractivity contribution < 1.29 is 14.6 Å². The molecule has 4 nitrogen and oxygen atoms in total. The van der Waals surface area contributed by atoms with E-state index >= 15 is 0 Å². The van der Waals surface area contributed by atoms with E-state index in [0.29, 0.717) is 12.3 Å². The van der Waals surface area contributed by atoms with Crippen LogP contribution in [0, 0.1) is 0 Å². The van der Waals surface area contributed by atoms with Gasteiger partial charge in [0.1, 0.15) is 5.75 Å². The lowest BCUT2D eigenvalue weighted by molar-refractivity contribution is -0.139. The standard InChI is InChI=1S/C14H18BrNO3/c1-10(19-13-6-4-11(15)5-7-13)14(18)16-8-2-3-12(16)9-17/h4-7,10,12,17H,2-3,8-9H2,1H3/t10?,12-/m1/s1. The van der Waals surface area contributed by atoms with Gasteiger partial charge < -0.3 is 14.7 Å². The molecular weight excluding hydrogens is 310 g/mol. The lowest BCUT2D eigenvalue weighted by Gasteiger charge is -2.26. The summed E-state index contributed by atoms with van der Waals surface area (Å²) in [5, 5.41) is 9.25. The molecule has 0 aromatic heterocycles. The quantitative estimate of drug-likeness (QED) is 0.922. The first-order chi connectivity index (χ1) is 9.11. The zero-order chi connectivity index (χ0) is 13.8. The Morgan fingerprint density at radius 1 is 1.53 bits per heavy atom. The van der Waals surface area contributed by atoms with Crippen LogP contribution in [0.25, 0.3) is 0 Å². The summed E-state index contributed by atoms with van der Waals surface area (Å²) in [5.74, 6) is 0.614. The molecule has 19 heavy (non-hydrogen) atoms. The monoisotopic (exact) mass is 327 g/mol. The number of carbonyl (C=O) groups excluding carboxylic acids is 1. The van der Waals surface area contributed by atoms with Crippen molar-refractivity contribution in [1.82, 2.24) is 4.90 Å². The highest BCUT2D eigenvalue weighted by Gasteiger charge is 2.31. The van der Waals surface area contributed by atoms with Crippen LogP contribution in [-0.4, -0.2) is 41.2 Å². The summed E-state index contributed by atoms with van der Waals surface area (Å²) >= 11 is 3.35. The molecule has 2 rings (SSSR count). The normalized spacial score (nSPS) is 20.4. The highest BCUT2D eigenvalue weighted by Crippen LogP contribution is 2.21. The number of amides is 1. The maximum absolute atomic E-state index is 12.3. The van der Waals surface area contributed by atoms with Crippen LogP contribution in [0.2, 0.25) is 0 Å².